The van der Waals surface area contributed by atoms with Crippen molar-refractivity contribution in [2.24, 2.45) is 0 Å². The molecule has 0 amide bonds. The van der Waals surface area contributed by atoms with Gasteiger partial charge in [0.2, 0.25) is 0 Å². The van der Waals surface area contributed by atoms with Crippen LogP contribution in [0.3, 0.4) is 0 Å². The predicted molar refractivity (Wildman–Crippen MR) is 76.7 cm³/mol. The molecule has 0 bridgehead atoms. The van der Waals surface area contributed by atoms with Crippen LogP contribution in [0.4, 0.5) is 0 Å². The van der Waals surface area contributed by atoms with Crippen LogP contribution < -0.4 is 5.32 Å². The molecule has 1 aromatic carbocycles. The van der Waals surface area contributed by atoms with E-state index in [0.717, 1.165) is 24.7 Å². The zero-order chi connectivity index (χ0) is 12.5. The number of likely N-dealkylation sites (N-methyl/N-ethyl adjacent to an activating group) is 1. The van der Waals surface area contributed by atoms with Crippen LogP contribution in [0.2, 0.25) is 0 Å². The average molecular weight is 253 g/mol. The van der Waals surface area contributed by atoms with E-state index in [2.05, 4.69) is 43.4 Å². The molecule has 0 aromatic heterocycles. The summed E-state index contributed by atoms with van der Waals surface area (Å²) in [7, 11) is 1.76. The van der Waals surface area contributed by atoms with Crippen molar-refractivity contribution >= 4 is 11.8 Å². The minimum absolute atomic E-state index is 0.458. The number of benzene rings is 1. The van der Waals surface area contributed by atoms with Crippen LogP contribution in [0.25, 0.3) is 0 Å². The first-order valence-electron chi connectivity index (χ1n) is 6.12. The van der Waals surface area contributed by atoms with Gasteiger partial charge in [0.15, 0.2) is 0 Å². The van der Waals surface area contributed by atoms with Gasteiger partial charge >= 0.3 is 0 Å². The molecule has 1 N–H and O–H groups in total. The van der Waals surface area contributed by atoms with Crippen LogP contribution in [0.1, 0.15) is 18.1 Å². The molecule has 0 heterocycles. The normalized spacial score (nSPS) is 12.6. The van der Waals surface area contributed by atoms with Crippen molar-refractivity contribution in [3.8, 4) is 0 Å². The number of ether oxygens (including phenoxy) is 1. The summed E-state index contributed by atoms with van der Waals surface area (Å²) in [5.74, 6) is 2.17. The molecule has 3 heteroatoms. The van der Waals surface area contributed by atoms with Crippen LogP contribution in [-0.2, 0) is 10.5 Å². The number of nitrogens with one attached hydrogen (secondary N) is 1. The van der Waals surface area contributed by atoms with Gasteiger partial charge in [-0.2, -0.15) is 11.8 Å². The van der Waals surface area contributed by atoms with Gasteiger partial charge in [-0.1, -0.05) is 36.8 Å². The highest BCUT2D eigenvalue weighted by Crippen LogP contribution is 2.14. The molecule has 0 aliphatic rings. The third kappa shape index (κ3) is 6.10. The molecule has 2 nitrogen and oxygen atoms in total. The molecule has 0 radical (unpaired) electrons. The third-order valence-corrected chi connectivity index (χ3v) is 3.71. The van der Waals surface area contributed by atoms with Gasteiger partial charge in [0.25, 0.3) is 0 Å². The SMILES string of the molecule is CCNC(COC)CSCc1cccc(C)c1. The average Bonchev–Trinajstić information content (AvgIpc) is 2.30. The molecule has 1 unspecified atom stereocenters. The molecule has 0 spiro atoms. The molecule has 0 fully saturated rings. The molecular formula is C14H23NOS. The Hall–Kier alpha value is -0.510. The number of methoxy groups -OCH3 is 1. The van der Waals surface area contributed by atoms with Crippen LogP contribution in [0.5, 0.6) is 0 Å². The second-order valence-electron chi connectivity index (χ2n) is 4.21. The Labute approximate surface area is 109 Å². The molecule has 96 valence electrons. The number of aryl methyl sites for hydroxylation is 1. The molecule has 17 heavy (non-hydrogen) atoms. The highest BCUT2D eigenvalue weighted by Gasteiger charge is 2.06. The smallest absolute Gasteiger partial charge is 0.0623 e. The highest BCUT2D eigenvalue weighted by molar-refractivity contribution is 7.98. The summed E-state index contributed by atoms with van der Waals surface area (Å²) in [6.45, 7) is 6.06. The zero-order valence-corrected chi connectivity index (χ0v) is 11.8. The molecule has 1 aromatic rings. The van der Waals surface area contributed by atoms with Gasteiger partial charge in [-0.25, -0.2) is 0 Å². The lowest BCUT2D eigenvalue weighted by molar-refractivity contribution is 0.174. The molecule has 0 aliphatic carbocycles. The summed E-state index contributed by atoms with van der Waals surface area (Å²) in [5.41, 5.74) is 2.74. The van der Waals surface area contributed by atoms with Crippen molar-refractivity contribution in [3.05, 3.63) is 35.4 Å². The van der Waals surface area contributed by atoms with Gasteiger partial charge in [-0.05, 0) is 19.0 Å². The fourth-order valence-corrected chi connectivity index (χ4v) is 2.81. The molecule has 1 atom stereocenters. The summed E-state index contributed by atoms with van der Waals surface area (Å²) in [5, 5.41) is 3.44. The van der Waals surface area contributed by atoms with Crippen molar-refractivity contribution in [1.82, 2.24) is 5.32 Å². The first-order valence-corrected chi connectivity index (χ1v) is 7.27. The Morgan fingerprint density at radius 3 is 2.88 bits per heavy atom. The Kier molecular flexibility index (Phi) is 7.33. The van der Waals surface area contributed by atoms with E-state index in [1.54, 1.807) is 7.11 Å². The minimum atomic E-state index is 0.458. The van der Waals surface area contributed by atoms with E-state index < -0.39 is 0 Å². The lowest BCUT2D eigenvalue weighted by Gasteiger charge is -2.16. The van der Waals surface area contributed by atoms with Gasteiger partial charge in [-0.15, -0.1) is 0 Å². The molecule has 0 saturated carbocycles. The van der Waals surface area contributed by atoms with E-state index in [4.69, 9.17) is 4.74 Å². The van der Waals surface area contributed by atoms with E-state index in [1.165, 1.54) is 11.1 Å². The lowest BCUT2D eigenvalue weighted by Crippen LogP contribution is -2.35. The second kappa shape index (κ2) is 8.56. The molecule has 0 aliphatic heterocycles. The first kappa shape index (κ1) is 14.6. The zero-order valence-electron chi connectivity index (χ0n) is 11.0. The van der Waals surface area contributed by atoms with Crippen LogP contribution in [0.15, 0.2) is 24.3 Å². The number of hydrogen-bond acceptors (Lipinski definition) is 3. The number of rotatable bonds is 8. The number of hydrogen-bond donors (Lipinski definition) is 1. The maximum Gasteiger partial charge on any atom is 0.0623 e. The Morgan fingerprint density at radius 1 is 1.41 bits per heavy atom. The van der Waals surface area contributed by atoms with E-state index in [9.17, 15) is 0 Å². The standard InChI is InChI=1S/C14H23NOS/c1-4-15-14(9-16-3)11-17-10-13-7-5-6-12(2)8-13/h5-8,14-15H,4,9-11H2,1-3H3. The lowest BCUT2D eigenvalue weighted by atomic mass is 10.2. The van der Waals surface area contributed by atoms with Gasteiger partial charge in [-0.3, -0.25) is 0 Å². The van der Waals surface area contributed by atoms with Crippen molar-refractivity contribution in [2.45, 2.75) is 25.6 Å². The summed E-state index contributed by atoms with van der Waals surface area (Å²) in [6.07, 6.45) is 0. The maximum absolute atomic E-state index is 5.20. The fourth-order valence-electron chi connectivity index (χ4n) is 1.78. The van der Waals surface area contributed by atoms with Gasteiger partial charge < -0.3 is 10.1 Å². The van der Waals surface area contributed by atoms with Crippen LogP contribution in [0, 0.1) is 6.92 Å². The molecular weight excluding hydrogens is 230 g/mol. The number of thioether (sulfide) groups is 1. The summed E-state index contributed by atoms with van der Waals surface area (Å²) < 4.78 is 5.20. The van der Waals surface area contributed by atoms with Crippen molar-refractivity contribution < 1.29 is 4.74 Å². The van der Waals surface area contributed by atoms with Crippen LogP contribution in [-0.4, -0.2) is 32.1 Å². The highest BCUT2D eigenvalue weighted by atomic mass is 32.2. The fraction of sp³-hybridized carbons (Fsp3) is 0.571. The Balaban J connectivity index is 2.30. The van der Waals surface area contributed by atoms with E-state index in [0.29, 0.717) is 6.04 Å². The second-order valence-corrected chi connectivity index (χ2v) is 5.24. The Morgan fingerprint density at radius 2 is 2.24 bits per heavy atom. The van der Waals surface area contributed by atoms with E-state index >= 15 is 0 Å². The summed E-state index contributed by atoms with van der Waals surface area (Å²) >= 11 is 1.96. The summed E-state index contributed by atoms with van der Waals surface area (Å²) in [4.78, 5) is 0. The summed E-state index contributed by atoms with van der Waals surface area (Å²) in [6, 6.07) is 9.17. The monoisotopic (exact) mass is 253 g/mol. The van der Waals surface area contributed by atoms with Gasteiger partial charge in [0.05, 0.1) is 6.61 Å². The topological polar surface area (TPSA) is 21.3 Å². The largest absolute Gasteiger partial charge is 0.383 e. The molecule has 1 rings (SSSR count). The van der Waals surface area contributed by atoms with Crippen molar-refractivity contribution in [1.29, 1.82) is 0 Å². The van der Waals surface area contributed by atoms with E-state index in [-0.39, 0.29) is 0 Å². The van der Waals surface area contributed by atoms with Gasteiger partial charge in [0.1, 0.15) is 0 Å². The quantitative estimate of drug-likeness (QED) is 0.770. The van der Waals surface area contributed by atoms with Crippen molar-refractivity contribution in [2.75, 3.05) is 26.0 Å². The van der Waals surface area contributed by atoms with Gasteiger partial charge in [0, 0.05) is 24.7 Å². The third-order valence-electron chi connectivity index (χ3n) is 2.53. The predicted octanol–water partition coefficient (Wildman–Crippen LogP) is 2.85. The first-order chi connectivity index (χ1) is 8.26. The maximum atomic E-state index is 5.20. The minimum Gasteiger partial charge on any atom is -0.383 e. The van der Waals surface area contributed by atoms with Crippen molar-refractivity contribution in [3.63, 3.8) is 0 Å². The molecule has 0 saturated heterocycles. The van der Waals surface area contributed by atoms with E-state index in [1.807, 2.05) is 11.8 Å². The Bertz CT molecular complexity index is 311. The van der Waals surface area contributed by atoms with Crippen LogP contribution >= 0.6 is 11.8 Å².